The van der Waals surface area contributed by atoms with E-state index >= 15 is 0 Å². The minimum atomic E-state index is -0.390. The van der Waals surface area contributed by atoms with Crippen molar-refractivity contribution in [2.75, 3.05) is 0 Å². The van der Waals surface area contributed by atoms with Crippen LogP contribution in [0.5, 0.6) is 0 Å². The topological polar surface area (TPSA) is 43.1 Å². The standard InChI is InChI=1S/C11H8BrNO2/c1-6(2)10-13-9-4-3-7(12)5-8(9)11(14)15-10/h3-5H,1H2,2H3. The van der Waals surface area contributed by atoms with Gasteiger partial charge in [0.25, 0.3) is 0 Å². The summed E-state index contributed by atoms with van der Waals surface area (Å²) in [5.74, 6) is 0.287. The van der Waals surface area contributed by atoms with Crippen molar-refractivity contribution in [2.45, 2.75) is 6.92 Å². The molecule has 4 heteroatoms. The number of rotatable bonds is 1. The van der Waals surface area contributed by atoms with Crippen LogP contribution in [0.1, 0.15) is 12.8 Å². The van der Waals surface area contributed by atoms with E-state index in [-0.39, 0.29) is 11.5 Å². The van der Waals surface area contributed by atoms with Gasteiger partial charge in [0.15, 0.2) is 0 Å². The Morgan fingerprint density at radius 2 is 2.27 bits per heavy atom. The molecule has 0 N–H and O–H groups in total. The van der Waals surface area contributed by atoms with Crippen molar-refractivity contribution in [3.63, 3.8) is 0 Å². The summed E-state index contributed by atoms with van der Waals surface area (Å²) in [6.07, 6.45) is 0. The highest BCUT2D eigenvalue weighted by Gasteiger charge is 2.06. The fourth-order valence-corrected chi connectivity index (χ4v) is 1.59. The molecule has 0 saturated carbocycles. The Hall–Kier alpha value is -1.42. The smallest absolute Gasteiger partial charge is 0.347 e. The van der Waals surface area contributed by atoms with Crippen molar-refractivity contribution < 1.29 is 4.42 Å². The predicted octanol–water partition coefficient (Wildman–Crippen LogP) is 2.98. The van der Waals surface area contributed by atoms with Gasteiger partial charge in [0.1, 0.15) is 0 Å². The molecule has 76 valence electrons. The fourth-order valence-electron chi connectivity index (χ4n) is 1.23. The summed E-state index contributed by atoms with van der Waals surface area (Å²) in [7, 11) is 0. The van der Waals surface area contributed by atoms with Crippen molar-refractivity contribution in [3.8, 4) is 0 Å². The van der Waals surface area contributed by atoms with Crippen molar-refractivity contribution in [2.24, 2.45) is 0 Å². The zero-order valence-electron chi connectivity index (χ0n) is 8.08. The third-order valence-corrected chi connectivity index (χ3v) is 2.45. The average molecular weight is 266 g/mol. The van der Waals surface area contributed by atoms with Gasteiger partial charge in [-0.15, -0.1) is 0 Å². The Kier molecular flexibility index (Phi) is 2.44. The predicted molar refractivity (Wildman–Crippen MR) is 62.7 cm³/mol. The lowest BCUT2D eigenvalue weighted by atomic mass is 10.2. The highest BCUT2D eigenvalue weighted by Crippen LogP contribution is 2.17. The minimum absolute atomic E-state index is 0.287. The quantitative estimate of drug-likeness (QED) is 0.796. The molecule has 1 heterocycles. The number of hydrogen-bond acceptors (Lipinski definition) is 3. The van der Waals surface area contributed by atoms with Crippen LogP contribution in [0.4, 0.5) is 0 Å². The Morgan fingerprint density at radius 1 is 1.53 bits per heavy atom. The van der Waals surface area contributed by atoms with Gasteiger partial charge in [0.2, 0.25) is 5.89 Å². The van der Waals surface area contributed by atoms with E-state index < -0.39 is 0 Å². The molecule has 1 aromatic carbocycles. The van der Waals surface area contributed by atoms with Gasteiger partial charge >= 0.3 is 5.63 Å². The van der Waals surface area contributed by atoms with Crippen LogP contribution in [0, 0.1) is 0 Å². The van der Waals surface area contributed by atoms with Gasteiger partial charge in [-0.2, -0.15) is 0 Å². The molecule has 3 nitrogen and oxygen atoms in total. The minimum Gasteiger partial charge on any atom is -0.404 e. The van der Waals surface area contributed by atoms with Gasteiger partial charge < -0.3 is 4.42 Å². The molecule has 0 bridgehead atoms. The molecule has 0 radical (unpaired) electrons. The van der Waals surface area contributed by atoms with Crippen LogP contribution in [-0.4, -0.2) is 4.98 Å². The molecule has 0 aliphatic carbocycles. The normalized spacial score (nSPS) is 10.5. The average Bonchev–Trinajstić information content (AvgIpc) is 2.18. The Bertz CT molecular complexity index is 601. The first-order chi connectivity index (χ1) is 7.08. The molecule has 2 rings (SSSR count). The van der Waals surface area contributed by atoms with E-state index in [0.29, 0.717) is 16.5 Å². The summed E-state index contributed by atoms with van der Waals surface area (Å²) >= 11 is 3.29. The Balaban J connectivity index is 2.84. The summed E-state index contributed by atoms with van der Waals surface area (Å²) in [5, 5.41) is 0.467. The highest BCUT2D eigenvalue weighted by atomic mass is 79.9. The van der Waals surface area contributed by atoms with Gasteiger partial charge in [0, 0.05) is 10.0 Å². The van der Waals surface area contributed by atoms with Crippen LogP contribution in [-0.2, 0) is 0 Å². The first kappa shape index (κ1) is 10.1. The van der Waals surface area contributed by atoms with Crippen molar-refractivity contribution in [3.05, 3.63) is 45.6 Å². The van der Waals surface area contributed by atoms with E-state index in [1.165, 1.54) is 0 Å². The van der Waals surface area contributed by atoms with Crippen LogP contribution >= 0.6 is 15.9 Å². The third kappa shape index (κ3) is 1.85. The molecule has 0 atom stereocenters. The largest absolute Gasteiger partial charge is 0.404 e. The second-order valence-corrected chi connectivity index (χ2v) is 4.16. The maximum absolute atomic E-state index is 11.6. The lowest BCUT2D eigenvalue weighted by molar-refractivity contribution is 0.486. The highest BCUT2D eigenvalue weighted by molar-refractivity contribution is 9.10. The second-order valence-electron chi connectivity index (χ2n) is 3.25. The van der Waals surface area contributed by atoms with Crippen LogP contribution < -0.4 is 5.63 Å². The molecular weight excluding hydrogens is 258 g/mol. The van der Waals surface area contributed by atoms with Gasteiger partial charge in [-0.1, -0.05) is 22.5 Å². The van der Waals surface area contributed by atoms with E-state index in [2.05, 4.69) is 27.5 Å². The summed E-state index contributed by atoms with van der Waals surface area (Å²) in [6, 6.07) is 5.29. The summed E-state index contributed by atoms with van der Waals surface area (Å²) in [6.45, 7) is 5.43. The Morgan fingerprint density at radius 3 is 2.93 bits per heavy atom. The van der Waals surface area contributed by atoms with E-state index in [0.717, 1.165) is 4.47 Å². The monoisotopic (exact) mass is 265 g/mol. The maximum atomic E-state index is 11.6. The lowest BCUT2D eigenvalue weighted by Crippen LogP contribution is -2.03. The van der Waals surface area contributed by atoms with Gasteiger partial charge in [-0.3, -0.25) is 0 Å². The molecule has 0 fully saturated rings. The van der Waals surface area contributed by atoms with Crippen molar-refractivity contribution >= 4 is 32.4 Å². The molecule has 0 saturated heterocycles. The first-order valence-corrected chi connectivity index (χ1v) is 5.13. The number of fused-ring (bicyclic) bond motifs is 1. The van der Waals surface area contributed by atoms with Gasteiger partial charge in [-0.25, -0.2) is 9.78 Å². The van der Waals surface area contributed by atoms with E-state index in [1.807, 2.05) is 6.07 Å². The van der Waals surface area contributed by atoms with Gasteiger partial charge in [-0.05, 0) is 25.1 Å². The molecule has 15 heavy (non-hydrogen) atoms. The molecule has 1 aromatic heterocycles. The number of halogens is 1. The summed E-state index contributed by atoms with van der Waals surface area (Å²) in [4.78, 5) is 15.8. The third-order valence-electron chi connectivity index (χ3n) is 1.95. The molecule has 0 unspecified atom stereocenters. The number of nitrogens with zero attached hydrogens (tertiary/aromatic N) is 1. The van der Waals surface area contributed by atoms with Crippen LogP contribution in [0.15, 0.2) is 38.5 Å². The molecule has 0 spiro atoms. The van der Waals surface area contributed by atoms with E-state index in [9.17, 15) is 4.79 Å². The number of allylic oxidation sites excluding steroid dienone is 1. The number of aromatic nitrogens is 1. The molecule has 0 amide bonds. The van der Waals surface area contributed by atoms with Crippen molar-refractivity contribution in [1.29, 1.82) is 0 Å². The first-order valence-electron chi connectivity index (χ1n) is 4.34. The second kappa shape index (κ2) is 3.62. The van der Waals surface area contributed by atoms with Crippen LogP contribution in [0.2, 0.25) is 0 Å². The number of hydrogen-bond donors (Lipinski definition) is 0. The maximum Gasteiger partial charge on any atom is 0.347 e. The SMILES string of the molecule is C=C(C)c1nc2ccc(Br)cc2c(=O)o1. The molecule has 2 aromatic rings. The Labute approximate surface area is 94.6 Å². The molecular formula is C11H8BrNO2. The zero-order valence-corrected chi connectivity index (χ0v) is 9.67. The number of benzene rings is 1. The summed E-state index contributed by atoms with van der Waals surface area (Å²) in [5.41, 5.74) is 0.865. The van der Waals surface area contributed by atoms with Crippen LogP contribution in [0.3, 0.4) is 0 Å². The fraction of sp³-hybridized carbons (Fsp3) is 0.0909. The van der Waals surface area contributed by atoms with Crippen LogP contribution in [0.25, 0.3) is 16.5 Å². The van der Waals surface area contributed by atoms with Gasteiger partial charge in [0.05, 0.1) is 10.9 Å². The zero-order chi connectivity index (χ0) is 11.0. The molecule has 0 aliphatic rings. The van der Waals surface area contributed by atoms with E-state index in [1.54, 1.807) is 19.1 Å². The van der Waals surface area contributed by atoms with Crippen molar-refractivity contribution in [1.82, 2.24) is 4.98 Å². The molecule has 0 aliphatic heterocycles. The lowest BCUT2D eigenvalue weighted by Gasteiger charge is -2.00. The summed E-state index contributed by atoms with van der Waals surface area (Å²) < 4.78 is 5.85. The van der Waals surface area contributed by atoms with E-state index in [4.69, 9.17) is 4.42 Å².